The lowest BCUT2D eigenvalue weighted by atomic mass is 9.89. The quantitative estimate of drug-likeness (QED) is 0.321. The zero-order valence-corrected chi connectivity index (χ0v) is 20.7. The molecular weight excluding hydrogens is 492 g/mol. The third-order valence-corrected chi connectivity index (χ3v) is 6.66. The van der Waals surface area contributed by atoms with E-state index in [1.807, 2.05) is 29.7 Å². The number of hydrogen-bond donors (Lipinski definition) is 1. The Bertz CT molecular complexity index is 1780. The summed E-state index contributed by atoms with van der Waals surface area (Å²) in [7, 11) is 0. The Hall–Kier alpha value is -4.60. The highest BCUT2D eigenvalue weighted by Gasteiger charge is 2.24. The molecule has 0 saturated carbocycles. The highest BCUT2D eigenvalue weighted by molar-refractivity contribution is 5.99. The molecule has 1 aliphatic heterocycles. The van der Waals surface area contributed by atoms with Gasteiger partial charge in [0.25, 0.3) is 0 Å². The van der Waals surface area contributed by atoms with E-state index in [0.717, 1.165) is 40.9 Å². The van der Waals surface area contributed by atoms with Crippen LogP contribution in [-0.2, 0) is 19.6 Å². The Morgan fingerprint density at radius 1 is 1.08 bits per heavy atom. The van der Waals surface area contributed by atoms with Crippen LogP contribution < -0.4 is 10.5 Å². The highest BCUT2D eigenvalue weighted by Crippen LogP contribution is 2.41. The first-order valence-electron chi connectivity index (χ1n) is 12.2. The molecule has 4 heterocycles. The fourth-order valence-corrected chi connectivity index (χ4v) is 4.93. The molecule has 0 radical (unpaired) electrons. The fraction of sp³-hybridized carbons (Fsp3) is 0.214. The van der Waals surface area contributed by atoms with Crippen LogP contribution in [0.15, 0.2) is 57.8 Å². The molecule has 3 aromatic heterocycles. The maximum Gasteiger partial charge on any atom is 0.439 e. The second-order valence-corrected chi connectivity index (χ2v) is 9.21. The van der Waals surface area contributed by atoms with Crippen LogP contribution in [0.1, 0.15) is 54.2 Å². The number of pyridine rings is 1. The van der Waals surface area contributed by atoms with Gasteiger partial charge in [0.05, 0.1) is 6.54 Å². The topological polar surface area (TPSA) is 98.8 Å². The molecule has 0 unspecified atom stereocenters. The van der Waals surface area contributed by atoms with Crippen molar-refractivity contribution in [1.29, 1.82) is 0 Å². The third-order valence-electron chi connectivity index (χ3n) is 6.66. The predicted octanol–water partition coefficient (Wildman–Crippen LogP) is 5.26. The summed E-state index contributed by atoms with van der Waals surface area (Å²) in [5.74, 6) is -0.148. The van der Waals surface area contributed by atoms with Crippen molar-refractivity contribution in [1.82, 2.24) is 24.7 Å². The molecule has 38 heavy (non-hydrogen) atoms. The lowest BCUT2D eigenvalue weighted by Crippen LogP contribution is -2.07. The number of halogens is 2. The smallest absolute Gasteiger partial charge is 0.439 e. The first kappa shape index (κ1) is 23.8. The summed E-state index contributed by atoms with van der Waals surface area (Å²) in [4.78, 5) is 23.0. The van der Waals surface area contributed by atoms with E-state index in [9.17, 15) is 13.6 Å². The van der Waals surface area contributed by atoms with Gasteiger partial charge in [-0.3, -0.25) is 9.51 Å². The van der Waals surface area contributed by atoms with Gasteiger partial charge >= 0.3 is 5.76 Å². The molecule has 1 aliphatic rings. The molecule has 0 saturated heterocycles. The Kier molecular flexibility index (Phi) is 5.86. The lowest BCUT2D eigenvalue weighted by molar-refractivity contribution is 0.305. The maximum absolute atomic E-state index is 14.1. The normalized spacial score (nSPS) is 14.1. The number of aromatic amines is 1. The minimum atomic E-state index is -0.666. The second-order valence-electron chi connectivity index (χ2n) is 9.21. The molecule has 6 rings (SSSR count). The summed E-state index contributed by atoms with van der Waals surface area (Å²) >= 11 is 0. The average Bonchev–Trinajstić information content (AvgIpc) is 3.43. The van der Waals surface area contributed by atoms with Gasteiger partial charge in [-0.25, -0.2) is 14.2 Å². The number of ether oxygens (including phenoxy) is 1. The van der Waals surface area contributed by atoms with Crippen LogP contribution in [0.5, 0.6) is 5.75 Å². The van der Waals surface area contributed by atoms with Gasteiger partial charge in [0.1, 0.15) is 29.5 Å². The van der Waals surface area contributed by atoms with Gasteiger partial charge in [-0.15, -0.1) is 0 Å². The summed E-state index contributed by atoms with van der Waals surface area (Å²) < 4.78 is 40.8. The minimum Gasteiger partial charge on any atom is -0.488 e. The Morgan fingerprint density at radius 3 is 2.71 bits per heavy atom. The van der Waals surface area contributed by atoms with Gasteiger partial charge in [0.15, 0.2) is 11.5 Å². The SMILES string of the molecule is CCCc1nc2ccc(F)nc2n1Cc1ccc2c(c1)COc1cc(F)ccc1/C2=C(\C)c1noc(=O)[nH]1. The molecule has 192 valence electrons. The number of nitrogens with zero attached hydrogens (tertiary/aromatic N) is 4. The average molecular weight is 516 g/mol. The lowest BCUT2D eigenvalue weighted by Gasteiger charge is -2.15. The van der Waals surface area contributed by atoms with Crippen LogP contribution >= 0.6 is 0 Å². The van der Waals surface area contributed by atoms with E-state index in [2.05, 4.69) is 27.0 Å². The van der Waals surface area contributed by atoms with Crippen LogP contribution in [0.4, 0.5) is 8.78 Å². The van der Waals surface area contributed by atoms with E-state index in [1.54, 1.807) is 12.1 Å². The summed E-state index contributed by atoms with van der Waals surface area (Å²) in [6, 6.07) is 13.3. The van der Waals surface area contributed by atoms with Crippen molar-refractivity contribution in [3.05, 3.63) is 105 Å². The van der Waals surface area contributed by atoms with Crippen molar-refractivity contribution < 1.29 is 18.0 Å². The van der Waals surface area contributed by atoms with Gasteiger partial charge in [-0.1, -0.05) is 24.2 Å². The molecular formula is C28H23F2N5O3. The van der Waals surface area contributed by atoms with Crippen molar-refractivity contribution in [3.8, 4) is 5.75 Å². The van der Waals surface area contributed by atoms with Gasteiger partial charge in [-0.2, -0.15) is 9.37 Å². The fourth-order valence-electron chi connectivity index (χ4n) is 4.93. The monoisotopic (exact) mass is 515 g/mol. The van der Waals surface area contributed by atoms with Crippen LogP contribution in [0.2, 0.25) is 0 Å². The summed E-state index contributed by atoms with van der Waals surface area (Å²) in [5.41, 5.74) is 5.86. The number of nitrogens with one attached hydrogen (secondary N) is 1. The number of fused-ring (bicyclic) bond motifs is 3. The van der Waals surface area contributed by atoms with Crippen molar-refractivity contribution in [3.63, 3.8) is 0 Å². The van der Waals surface area contributed by atoms with E-state index in [-0.39, 0.29) is 12.4 Å². The molecule has 1 N–H and O–H groups in total. The van der Waals surface area contributed by atoms with Gasteiger partial charge in [0, 0.05) is 23.6 Å². The maximum atomic E-state index is 14.1. The van der Waals surface area contributed by atoms with Crippen molar-refractivity contribution >= 4 is 22.3 Å². The molecule has 0 fully saturated rings. The molecule has 0 bridgehead atoms. The molecule has 0 atom stereocenters. The number of hydrogen-bond acceptors (Lipinski definition) is 6. The number of rotatable bonds is 5. The minimum absolute atomic E-state index is 0.200. The Morgan fingerprint density at radius 2 is 1.92 bits per heavy atom. The van der Waals surface area contributed by atoms with E-state index < -0.39 is 17.5 Å². The van der Waals surface area contributed by atoms with E-state index in [1.165, 1.54) is 18.2 Å². The van der Waals surface area contributed by atoms with Crippen molar-refractivity contribution in [2.24, 2.45) is 0 Å². The zero-order chi connectivity index (χ0) is 26.4. The molecule has 2 aromatic carbocycles. The molecule has 0 amide bonds. The molecule has 0 spiro atoms. The first-order valence-corrected chi connectivity index (χ1v) is 12.2. The molecule has 8 nitrogen and oxygen atoms in total. The van der Waals surface area contributed by atoms with Crippen molar-refractivity contribution in [2.45, 2.75) is 39.8 Å². The number of imidazole rings is 1. The van der Waals surface area contributed by atoms with Gasteiger partial charge in [-0.05, 0) is 65.9 Å². The standard InChI is InChI=1S/C28H23F2N5O3/c1-3-4-24-31-21-9-10-23(30)32-27(21)35(24)13-16-5-7-19-17(11-16)14-37-22-12-18(29)6-8-20(22)25(19)15(2)26-33-28(36)38-34-26/h5-12H,3-4,13-14H2,1-2H3,(H,33,34,36)/b25-15+. The molecule has 10 heteroatoms. The van der Waals surface area contributed by atoms with E-state index in [4.69, 9.17) is 9.26 Å². The van der Waals surface area contributed by atoms with E-state index >= 15 is 0 Å². The third kappa shape index (κ3) is 4.17. The molecule has 0 aliphatic carbocycles. The first-order chi connectivity index (χ1) is 18.4. The Balaban J connectivity index is 1.48. The second kappa shape index (κ2) is 9.37. The van der Waals surface area contributed by atoms with Crippen LogP contribution in [0, 0.1) is 11.8 Å². The number of aromatic nitrogens is 5. The van der Waals surface area contributed by atoms with Crippen molar-refractivity contribution in [2.75, 3.05) is 0 Å². The summed E-state index contributed by atoms with van der Waals surface area (Å²) in [5, 5.41) is 3.85. The predicted molar refractivity (Wildman–Crippen MR) is 136 cm³/mol. The van der Waals surface area contributed by atoms with Crippen LogP contribution in [-0.4, -0.2) is 24.7 Å². The Labute approximate surface area is 215 Å². The number of benzene rings is 2. The summed E-state index contributed by atoms with van der Waals surface area (Å²) in [6.07, 6.45) is 1.62. The van der Waals surface area contributed by atoms with Crippen LogP contribution in [0.25, 0.3) is 22.3 Å². The van der Waals surface area contributed by atoms with Crippen LogP contribution in [0.3, 0.4) is 0 Å². The highest BCUT2D eigenvalue weighted by atomic mass is 19.1. The van der Waals surface area contributed by atoms with Gasteiger partial charge in [0.2, 0.25) is 5.95 Å². The molecule has 5 aromatic rings. The largest absolute Gasteiger partial charge is 0.488 e. The zero-order valence-electron chi connectivity index (χ0n) is 20.7. The van der Waals surface area contributed by atoms with E-state index in [0.29, 0.717) is 34.6 Å². The number of allylic oxidation sites excluding steroid dienone is 1. The number of H-pyrrole nitrogens is 1. The number of aryl methyl sites for hydroxylation is 1. The van der Waals surface area contributed by atoms with Gasteiger partial charge < -0.3 is 9.30 Å². The summed E-state index contributed by atoms with van der Waals surface area (Å²) in [6.45, 7) is 4.52.